The van der Waals surface area contributed by atoms with Gasteiger partial charge in [0.1, 0.15) is 0 Å². The van der Waals surface area contributed by atoms with Crippen LogP contribution < -0.4 is 0 Å². The molecule has 3 fully saturated rings. The Hall–Kier alpha value is 0.430. The molecular formula is C16H29P. The molecule has 0 amide bonds. The summed E-state index contributed by atoms with van der Waals surface area (Å²) in [7, 11) is 0.298. The Labute approximate surface area is 109 Å². The van der Waals surface area contributed by atoms with Crippen molar-refractivity contribution in [3.63, 3.8) is 0 Å². The smallest absolute Gasteiger partial charge is 0.00871 e. The molecule has 0 aromatic carbocycles. The average Bonchev–Trinajstić information content (AvgIpc) is 2.89. The van der Waals surface area contributed by atoms with Crippen molar-refractivity contribution in [2.24, 2.45) is 0 Å². The minimum Gasteiger partial charge on any atom is -0.0913 e. The molecule has 1 saturated heterocycles. The van der Waals surface area contributed by atoms with E-state index in [1.54, 1.807) is 70.6 Å². The van der Waals surface area contributed by atoms with Crippen LogP contribution in [0.3, 0.4) is 0 Å². The molecule has 3 rings (SSSR count). The van der Waals surface area contributed by atoms with Gasteiger partial charge in [-0.25, -0.2) is 0 Å². The third-order valence-electron chi connectivity index (χ3n) is 5.89. The fraction of sp³-hybridized carbons (Fsp3) is 1.00. The van der Waals surface area contributed by atoms with E-state index in [2.05, 4.69) is 13.8 Å². The fourth-order valence-corrected chi connectivity index (χ4v) is 11.2. The number of hydrogen-bond acceptors (Lipinski definition) is 0. The van der Waals surface area contributed by atoms with Crippen LogP contribution in [0.25, 0.3) is 0 Å². The van der Waals surface area contributed by atoms with Crippen LogP contribution in [0.15, 0.2) is 0 Å². The van der Waals surface area contributed by atoms with E-state index in [1.807, 2.05) is 0 Å². The van der Waals surface area contributed by atoms with Gasteiger partial charge < -0.3 is 0 Å². The molecule has 0 nitrogen and oxygen atoms in total. The van der Waals surface area contributed by atoms with Crippen LogP contribution in [0.2, 0.25) is 0 Å². The van der Waals surface area contributed by atoms with Gasteiger partial charge in [0.05, 0.1) is 0 Å². The molecule has 1 aliphatic heterocycles. The predicted molar refractivity (Wildman–Crippen MR) is 78.3 cm³/mol. The van der Waals surface area contributed by atoms with Gasteiger partial charge in [-0.1, -0.05) is 53.9 Å². The van der Waals surface area contributed by atoms with E-state index in [4.69, 9.17) is 0 Å². The van der Waals surface area contributed by atoms with Crippen molar-refractivity contribution in [2.75, 3.05) is 0 Å². The van der Waals surface area contributed by atoms with E-state index in [-0.39, 0.29) is 0 Å². The summed E-state index contributed by atoms with van der Waals surface area (Å²) in [6.45, 7) is 5.11. The lowest BCUT2D eigenvalue weighted by Crippen LogP contribution is -2.42. The van der Waals surface area contributed by atoms with Gasteiger partial charge in [-0.3, -0.25) is 0 Å². The lowest BCUT2D eigenvalue weighted by atomic mass is 9.91. The highest BCUT2D eigenvalue weighted by molar-refractivity contribution is 7.61. The maximum Gasteiger partial charge on any atom is -0.00871 e. The third kappa shape index (κ3) is 1.90. The van der Waals surface area contributed by atoms with Crippen LogP contribution in [0.5, 0.6) is 0 Å². The number of hydrogen-bond donors (Lipinski definition) is 0. The molecule has 0 aromatic rings. The molecule has 2 spiro atoms. The second kappa shape index (κ2) is 4.52. The second-order valence-corrected chi connectivity index (χ2v) is 10.9. The lowest BCUT2D eigenvalue weighted by molar-refractivity contribution is 0.400. The zero-order chi connectivity index (χ0) is 11.9. The van der Waals surface area contributed by atoms with Crippen LogP contribution in [-0.2, 0) is 0 Å². The molecule has 0 bridgehead atoms. The Morgan fingerprint density at radius 2 is 1.00 bits per heavy atom. The van der Waals surface area contributed by atoms with Gasteiger partial charge >= 0.3 is 0 Å². The molecule has 2 aliphatic carbocycles. The van der Waals surface area contributed by atoms with Crippen molar-refractivity contribution in [1.29, 1.82) is 0 Å². The summed E-state index contributed by atoms with van der Waals surface area (Å²) in [5.74, 6) is 0. The summed E-state index contributed by atoms with van der Waals surface area (Å²) < 4.78 is 0. The zero-order valence-corrected chi connectivity index (χ0v) is 12.7. The quantitative estimate of drug-likeness (QED) is 0.526. The Kier molecular flexibility index (Phi) is 3.31. The minimum absolute atomic E-state index is 0.298. The highest BCUT2D eigenvalue weighted by Crippen LogP contribution is 2.76. The molecule has 3 aliphatic rings. The third-order valence-corrected chi connectivity index (χ3v) is 10.3. The van der Waals surface area contributed by atoms with E-state index in [9.17, 15) is 0 Å². The van der Waals surface area contributed by atoms with Gasteiger partial charge in [0.15, 0.2) is 0 Å². The molecule has 2 saturated carbocycles. The predicted octanol–water partition coefficient (Wildman–Crippen LogP) is 5.69. The SMILES string of the molecule is CC(C)P1C2(CCCC2)CCCC12CCCC2. The van der Waals surface area contributed by atoms with Crippen molar-refractivity contribution in [1.82, 2.24) is 0 Å². The Bertz CT molecular complexity index is 245. The van der Waals surface area contributed by atoms with E-state index in [1.165, 1.54) is 0 Å². The normalized spacial score (nSPS) is 31.9. The molecule has 0 unspecified atom stereocenters. The van der Waals surface area contributed by atoms with Gasteiger partial charge in [-0.15, -0.1) is 0 Å². The van der Waals surface area contributed by atoms with Crippen LogP contribution in [0.4, 0.5) is 0 Å². The molecule has 0 atom stereocenters. The molecule has 1 heteroatoms. The Balaban J connectivity index is 1.94. The Morgan fingerprint density at radius 1 is 0.647 bits per heavy atom. The summed E-state index contributed by atoms with van der Waals surface area (Å²) in [4.78, 5) is 0. The molecule has 0 radical (unpaired) electrons. The van der Waals surface area contributed by atoms with Gasteiger partial charge in [0.25, 0.3) is 0 Å². The first-order valence-electron chi connectivity index (χ1n) is 7.98. The molecule has 17 heavy (non-hydrogen) atoms. The summed E-state index contributed by atoms with van der Waals surface area (Å²) in [5, 5.41) is 1.71. The molecule has 0 aromatic heterocycles. The summed E-state index contributed by atoms with van der Waals surface area (Å²) in [6.07, 6.45) is 17.3. The van der Waals surface area contributed by atoms with E-state index in [0.29, 0.717) is 7.92 Å². The number of rotatable bonds is 1. The molecule has 1 heterocycles. The summed E-state index contributed by atoms with van der Waals surface area (Å²) in [6, 6.07) is 0. The summed E-state index contributed by atoms with van der Waals surface area (Å²) in [5.41, 5.74) is 0.987. The maximum absolute atomic E-state index is 2.55. The standard InChI is InChI=1S/C16H29P/c1-14(2)17-15(8-3-4-9-15)12-7-13-16(17)10-5-6-11-16/h14H,3-13H2,1-2H3. The summed E-state index contributed by atoms with van der Waals surface area (Å²) >= 11 is 0. The minimum atomic E-state index is 0.298. The van der Waals surface area contributed by atoms with E-state index >= 15 is 0 Å². The van der Waals surface area contributed by atoms with Gasteiger partial charge in [0.2, 0.25) is 0 Å². The van der Waals surface area contributed by atoms with Gasteiger partial charge in [0, 0.05) is 0 Å². The largest absolute Gasteiger partial charge is 0.0913 e. The second-order valence-electron chi connectivity index (χ2n) is 7.18. The first kappa shape index (κ1) is 12.5. The van der Waals surface area contributed by atoms with Gasteiger partial charge in [-0.05, 0) is 54.5 Å². The van der Waals surface area contributed by atoms with E-state index in [0.717, 1.165) is 16.0 Å². The molecule has 0 N–H and O–H groups in total. The van der Waals surface area contributed by atoms with Crippen molar-refractivity contribution in [3.8, 4) is 0 Å². The highest BCUT2D eigenvalue weighted by Gasteiger charge is 2.55. The zero-order valence-electron chi connectivity index (χ0n) is 11.8. The first-order valence-corrected chi connectivity index (χ1v) is 9.39. The fourth-order valence-electron chi connectivity index (χ4n) is 5.63. The van der Waals surface area contributed by atoms with Crippen molar-refractivity contribution >= 4 is 7.92 Å². The average molecular weight is 252 g/mol. The lowest BCUT2D eigenvalue weighted by Gasteiger charge is -2.55. The Morgan fingerprint density at radius 3 is 1.35 bits per heavy atom. The monoisotopic (exact) mass is 252 g/mol. The van der Waals surface area contributed by atoms with Crippen LogP contribution >= 0.6 is 7.92 Å². The van der Waals surface area contributed by atoms with Crippen molar-refractivity contribution in [2.45, 2.75) is 100 Å². The van der Waals surface area contributed by atoms with E-state index < -0.39 is 0 Å². The van der Waals surface area contributed by atoms with Crippen LogP contribution in [-0.4, -0.2) is 16.0 Å². The van der Waals surface area contributed by atoms with Crippen LogP contribution in [0, 0.1) is 0 Å². The van der Waals surface area contributed by atoms with Crippen molar-refractivity contribution in [3.05, 3.63) is 0 Å². The van der Waals surface area contributed by atoms with Crippen molar-refractivity contribution < 1.29 is 0 Å². The topological polar surface area (TPSA) is 0 Å². The molecular weight excluding hydrogens is 223 g/mol. The molecule has 98 valence electrons. The maximum atomic E-state index is 2.55. The van der Waals surface area contributed by atoms with Crippen LogP contribution in [0.1, 0.15) is 84.5 Å². The first-order chi connectivity index (χ1) is 8.19. The highest BCUT2D eigenvalue weighted by atomic mass is 31.1. The van der Waals surface area contributed by atoms with Gasteiger partial charge in [-0.2, -0.15) is 0 Å².